The number of benzene rings is 1. The van der Waals surface area contributed by atoms with E-state index in [-0.39, 0.29) is 25.4 Å². The highest BCUT2D eigenvalue weighted by Crippen LogP contribution is 2.16. The van der Waals surface area contributed by atoms with Crippen molar-refractivity contribution in [2.75, 3.05) is 25.0 Å². The highest BCUT2D eigenvalue weighted by atomic mass is 16.5. The lowest BCUT2D eigenvalue weighted by atomic mass is 10.1. The van der Waals surface area contributed by atoms with Gasteiger partial charge in [-0.2, -0.15) is 0 Å². The number of nitrogens with two attached hydrogens (primary N) is 1. The first-order chi connectivity index (χ1) is 12.0. The highest BCUT2D eigenvalue weighted by molar-refractivity contribution is 6.19. The molecule has 0 fully saturated rings. The second kappa shape index (κ2) is 8.11. The molecule has 10 heteroatoms. The molecule has 2 aromatic rings. The van der Waals surface area contributed by atoms with Gasteiger partial charge in [0.15, 0.2) is 0 Å². The van der Waals surface area contributed by atoms with Crippen LogP contribution in [0.3, 0.4) is 0 Å². The lowest BCUT2D eigenvalue weighted by Gasteiger charge is -2.15. The molecule has 0 saturated carbocycles. The van der Waals surface area contributed by atoms with Gasteiger partial charge in [-0.05, 0) is 25.1 Å². The van der Waals surface area contributed by atoms with Crippen LogP contribution in [-0.4, -0.2) is 47.4 Å². The molecular formula is C15H19N5O5. The number of aromatic nitrogens is 2. The molecule has 0 spiro atoms. The van der Waals surface area contributed by atoms with Crippen molar-refractivity contribution in [1.82, 2.24) is 15.3 Å². The summed E-state index contributed by atoms with van der Waals surface area (Å²) >= 11 is 0. The molecule has 1 aromatic heterocycles. The molecule has 25 heavy (non-hydrogen) atoms. The van der Waals surface area contributed by atoms with Gasteiger partial charge in [0.25, 0.3) is 0 Å². The Kier molecular flexibility index (Phi) is 5.90. The third kappa shape index (κ3) is 4.44. The number of imidazole rings is 1. The molecule has 0 aliphatic rings. The zero-order valence-corrected chi connectivity index (χ0v) is 13.5. The molecule has 134 valence electrons. The van der Waals surface area contributed by atoms with Crippen molar-refractivity contribution in [3.63, 3.8) is 0 Å². The van der Waals surface area contributed by atoms with E-state index < -0.39 is 23.7 Å². The van der Waals surface area contributed by atoms with E-state index in [0.717, 1.165) is 0 Å². The van der Waals surface area contributed by atoms with Crippen LogP contribution < -0.4 is 22.1 Å². The van der Waals surface area contributed by atoms with E-state index in [9.17, 15) is 19.2 Å². The van der Waals surface area contributed by atoms with Crippen LogP contribution in [0.2, 0.25) is 0 Å². The van der Waals surface area contributed by atoms with Crippen molar-refractivity contribution >= 4 is 34.5 Å². The molecule has 10 nitrogen and oxygen atoms in total. The van der Waals surface area contributed by atoms with E-state index >= 15 is 0 Å². The second-order valence-electron chi connectivity index (χ2n) is 5.09. The molecule has 1 atom stereocenters. The summed E-state index contributed by atoms with van der Waals surface area (Å²) in [5.41, 5.74) is 6.27. The summed E-state index contributed by atoms with van der Waals surface area (Å²) < 4.78 is 4.79. The summed E-state index contributed by atoms with van der Waals surface area (Å²) in [6, 6.07) is 4.62. The predicted octanol–water partition coefficient (Wildman–Crippen LogP) is -0.951. The molecule has 1 heterocycles. The van der Waals surface area contributed by atoms with Gasteiger partial charge in [0.1, 0.15) is 0 Å². The topological polar surface area (TPSA) is 159 Å². The number of anilines is 1. The third-order valence-electron chi connectivity index (χ3n) is 3.27. The number of esters is 1. The Morgan fingerprint density at radius 1 is 1.20 bits per heavy atom. The monoisotopic (exact) mass is 349 g/mol. The highest BCUT2D eigenvalue weighted by Gasteiger charge is 2.35. The van der Waals surface area contributed by atoms with Crippen molar-refractivity contribution in [1.29, 1.82) is 0 Å². The number of hydrogen-bond donors (Lipinski definition) is 5. The number of ether oxygens (including phenoxy) is 1. The zero-order valence-electron chi connectivity index (χ0n) is 13.5. The van der Waals surface area contributed by atoms with Crippen molar-refractivity contribution in [2.45, 2.75) is 6.92 Å². The Balaban J connectivity index is 2.19. The van der Waals surface area contributed by atoms with Crippen LogP contribution in [0.25, 0.3) is 11.0 Å². The average molecular weight is 349 g/mol. The molecule has 0 aliphatic heterocycles. The molecule has 1 aromatic carbocycles. The second-order valence-corrected chi connectivity index (χ2v) is 5.09. The minimum Gasteiger partial charge on any atom is -0.465 e. The van der Waals surface area contributed by atoms with E-state index in [0.29, 0.717) is 16.7 Å². The Labute approximate surface area is 142 Å². The first-order valence-corrected chi connectivity index (χ1v) is 7.63. The van der Waals surface area contributed by atoms with Gasteiger partial charge < -0.3 is 31.1 Å². The van der Waals surface area contributed by atoms with E-state index in [4.69, 9.17) is 10.5 Å². The minimum absolute atomic E-state index is 0.0311. The van der Waals surface area contributed by atoms with Crippen LogP contribution in [0.4, 0.5) is 5.69 Å². The fourth-order valence-corrected chi connectivity index (χ4v) is 2.18. The Bertz CT molecular complexity index is 840. The van der Waals surface area contributed by atoms with Gasteiger partial charge in [-0.25, -0.2) is 4.79 Å². The lowest BCUT2D eigenvalue weighted by Crippen LogP contribution is -2.44. The number of fused-ring (bicyclic) bond motifs is 1. The number of rotatable bonds is 7. The van der Waals surface area contributed by atoms with E-state index in [1.165, 1.54) is 12.1 Å². The third-order valence-corrected chi connectivity index (χ3v) is 3.27. The maximum atomic E-state index is 12.4. The van der Waals surface area contributed by atoms with Gasteiger partial charge >= 0.3 is 11.7 Å². The minimum atomic E-state index is -1.66. The van der Waals surface area contributed by atoms with Crippen molar-refractivity contribution < 1.29 is 19.1 Å². The van der Waals surface area contributed by atoms with Crippen LogP contribution in [0.5, 0.6) is 0 Å². The summed E-state index contributed by atoms with van der Waals surface area (Å²) in [6.07, 6.45) is 0. The molecule has 0 saturated heterocycles. The molecular weight excluding hydrogens is 330 g/mol. The predicted molar refractivity (Wildman–Crippen MR) is 89.7 cm³/mol. The smallest absolute Gasteiger partial charge is 0.328 e. The van der Waals surface area contributed by atoms with Crippen LogP contribution in [0.15, 0.2) is 23.0 Å². The average Bonchev–Trinajstić information content (AvgIpc) is 2.92. The van der Waals surface area contributed by atoms with Crippen LogP contribution >= 0.6 is 0 Å². The molecule has 0 radical (unpaired) electrons. The van der Waals surface area contributed by atoms with Gasteiger partial charge in [-0.3, -0.25) is 14.4 Å². The quantitative estimate of drug-likeness (QED) is 0.320. The number of carbonyl (C=O) groups excluding carboxylic acids is 3. The summed E-state index contributed by atoms with van der Waals surface area (Å²) in [5, 5.41) is 4.87. The van der Waals surface area contributed by atoms with Gasteiger partial charge in [0.2, 0.25) is 17.7 Å². The van der Waals surface area contributed by atoms with Crippen molar-refractivity contribution in [3.05, 3.63) is 28.7 Å². The number of hydrogen-bond acceptors (Lipinski definition) is 6. The normalized spacial score (nSPS) is 11.8. The summed E-state index contributed by atoms with van der Waals surface area (Å²) in [4.78, 5) is 52.8. The van der Waals surface area contributed by atoms with E-state index in [2.05, 4.69) is 20.6 Å². The molecule has 2 amide bonds. The van der Waals surface area contributed by atoms with Crippen LogP contribution in [0, 0.1) is 5.92 Å². The molecule has 2 rings (SSSR count). The van der Waals surface area contributed by atoms with Gasteiger partial charge in [-0.15, -0.1) is 0 Å². The van der Waals surface area contributed by atoms with Crippen molar-refractivity contribution in [3.8, 4) is 0 Å². The SMILES string of the molecule is CCOC(=O)C(C(=O)NCCN)C(=O)Nc1ccc2[nH]c(=O)[nH]c2c1. The van der Waals surface area contributed by atoms with Crippen LogP contribution in [-0.2, 0) is 19.1 Å². The molecule has 0 bridgehead atoms. The summed E-state index contributed by atoms with van der Waals surface area (Å²) in [6.45, 7) is 1.89. The fraction of sp³-hybridized carbons (Fsp3) is 0.333. The van der Waals surface area contributed by atoms with Gasteiger partial charge in [0.05, 0.1) is 17.6 Å². The molecule has 6 N–H and O–H groups in total. The van der Waals surface area contributed by atoms with E-state index in [1.54, 1.807) is 13.0 Å². The summed E-state index contributed by atoms with van der Waals surface area (Å²) in [5.74, 6) is -4.25. The van der Waals surface area contributed by atoms with Crippen molar-refractivity contribution in [2.24, 2.45) is 11.7 Å². The summed E-state index contributed by atoms with van der Waals surface area (Å²) in [7, 11) is 0. The Morgan fingerprint density at radius 2 is 1.92 bits per heavy atom. The first kappa shape index (κ1) is 18.2. The fourth-order valence-electron chi connectivity index (χ4n) is 2.18. The number of H-pyrrole nitrogens is 2. The van der Waals surface area contributed by atoms with E-state index in [1.807, 2.05) is 0 Å². The first-order valence-electron chi connectivity index (χ1n) is 7.63. The maximum absolute atomic E-state index is 12.4. The number of carbonyl (C=O) groups is 3. The molecule has 0 aliphatic carbocycles. The number of aromatic amines is 2. The van der Waals surface area contributed by atoms with Crippen LogP contribution in [0.1, 0.15) is 6.92 Å². The Morgan fingerprint density at radius 3 is 2.60 bits per heavy atom. The number of nitrogens with one attached hydrogen (secondary N) is 4. The van der Waals surface area contributed by atoms with Gasteiger partial charge in [0, 0.05) is 18.8 Å². The largest absolute Gasteiger partial charge is 0.465 e. The lowest BCUT2D eigenvalue weighted by molar-refractivity contribution is -0.154. The zero-order chi connectivity index (χ0) is 18.4. The Hall–Kier alpha value is -3.14. The van der Waals surface area contributed by atoms with Gasteiger partial charge in [-0.1, -0.05) is 0 Å². The standard InChI is InChI=1S/C15H19N5O5/c1-2-25-14(23)11(12(21)17-6-5-16)13(22)18-8-3-4-9-10(7-8)20-15(24)19-9/h3-4,7,11H,2,5-6,16H2,1H3,(H,17,21)(H,18,22)(H2,19,20,24). The molecule has 1 unspecified atom stereocenters. The number of amides is 2. The maximum Gasteiger partial charge on any atom is 0.328 e.